The molecule has 5 heteroatoms. The van der Waals surface area contributed by atoms with Crippen LogP contribution in [0.25, 0.3) is 0 Å². The molecule has 1 aromatic carbocycles. The van der Waals surface area contributed by atoms with Crippen LogP contribution in [-0.2, 0) is 0 Å². The van der Waals surface area contributed by atoms with Gasteiger partial charge in [0, 0.05) is 10.4 Å². The Bertz CT molecular complexity index is 459. The van der Waals surface area contributed by atoms with Gasteiger partial charge in [0.15, 0.2) is 0 Å². The molecule has 86 valence electrons. The smallest absolute Gasteiger partial charge is 0.128 e. The second-order valence-corrected chi connectivity index (χ2v) is 4.14. The van der Waals surface area contributed by atoms with Crippen LogP contribution >= 0.6 is 23.7 Å². The minimum atomic E-state index is -0.597. The van der Waals surface area contributed by atoms with Crippen LogP contribution < -0.4 is 5.73 Å². The summed E-state index contributed by atoms with van der Waals surface area (Å²) in [6.45, 7) is 0. The van der Waals surface area contributed by atoms with E-state index in [4.69, 9.17) is 5.73 Å². The normalized spacial score (nSPS) is 11.9. The molecule has 0 radical (unpaired) electrons. The molecule has 16 heavy (non-hydrogen) atoms. The van der Waals surface area contributed by atoms with Crippen molar-refractivity contribution in [1.82, 2.24) is 0 Å². The molecule has 1 aromatic heterocycles. The minimum absolute atomic E-state index is 0. The molecule has 2 rings (SSSR count). The summed E-state index contributed by atoms with van der Waals surface area (Å²) in [5, 5.41) is 1.85. The van der Waals surface area contributed by atoms with Gasteiger partial charge in [0.25, 0.3) is 0 Å². The first-order valence-corrected chi connectivity index (χ1v) is 5.30. The summed E-state index contributed by atoms with van der Waals surface area (Å²) in [6.07, 6.45) is 0. The van der Waals surface area contributed by atoms with Crippen molar-refractivity contribution in [3.8, 4) is 0 Å². The lowest BCUT2D eigenvalue weighted by Crippen LogP contribution is -2.12. The maximum Gasteiger partial charge on any atom is 0.128 e. The maximum atomic E-state index is 13.4. The van der Waals surface area contributed by atoms with Crippen LogP contribution in [0.2, 0.25) is 0 Å². The summed E-state index contributed by atoms with van der Waals surface area (Å²) in [4.78, 5) is 0.819. The second-order valence-electron chi connectivity index (χ2n) is 3.16. The maximum absolute atomic E-state index is 13.4. The summed E-state index contributed by atoms with van der Waals surface area (Å²) in [5.41, 5.74) is 6.03. The van der Waals surface area contributed by atoms with Crippen molar-refractivity contribution in [3.63, 3.8) is 0 Å². The molecule has 0 spiro atoms. The standard InChI is InChI=1S/C11H9F2NS.ClH/c12-7-3-4-9(13)8(6-7)11(14)10-2-1-5-15-10;/h1-6,11H,14H2;1H/t11-;/m1./s1. The van der Waals surface area contributed by atoms with Crippen molar-refractivity contribution in [3.05, 3.63) is 57.8 Å². The Balaban J connectivity index is 0.00000128. The number of thiophene rings is 1. The molecule has 0 bridgehead atoms. The van der Waals surface area contributed by atoms with Gasteiger partial charge >= 0.3 is 0 Å². The highest BCUT2D eigenvalue weighted by Crippen LogP contribution is 2.25. The number of halogens is 3. The lowest BCUT2D eigenvalue weighted by molar-refractivity contribution is 0.578. The van der Waals surface area contributed by atoms with Crippen LogP contribution in [0.15, 0.2) is 35.7 Å². The molecule has 0 aliphatic rings. The van der Waals surface area contributed by atoms with E-state index in [-0.39, 0.29) is 18.0 Å². The van der Waals surface area contributed by atoms with Gasteiger partial charge in [-0.25, -0.2) is 8.78 Å². The second kappa shape index (κ2) is 5.39. The van der Waals surface area contributed by atoms with Crippen molar-refractivity contribution < 1.29 is 8.78 Å². The topological polar surface area (TPSA) is 26.0 Å². The zero-order valence-electron chi connectivity index (χ0n) is 8.19. The fourth-order valence-electron chi connectivity index (χ4n) is 1.37. The van der Waals surface area contributed by atoms with E-state index in [1.54, 1.807) is 6.07 Å². The summed E-state index contributed by atoms with van der Waals surface area (Å²) in [5.74, 6) is -0.948. The largest absolute Gasteiger partial charge is 0.320 e. The fourth-order valence-corrected chi connectivity index (χ4v) is 2.12. The molecule has 0 unspecified atom stereocenters. The van der Waals surface area contributed by atoms with Crippen molar-refractivity contribution in [2.45, 2.75) is 6.04 Å². The van der Waals surface area contributed by atoms with Crippen molar-refractivity contribution in [2.24, 2.45) is 5.73 Å². The molecule has 0 amide bonds. The Hall–Kier alpha value is -0.970. The molecule has 0 aliphatic carbocycles. The van der Waals surface area contributed by atoms with Crippen molar-refractivity contribution in [2.75, 3.05) is 0 Å². The van der Waals surface area contributed by atoms with Crippen LogP contribution in [0.5, 0.6) is 0 Å². The number of hydrogen-bond donors (Lipinski definition) is 1. The summed E-state index contributed by atoms with van der Waals surface area (Å²) in [6, 6.07) is 6.36. The predicted molar refractivity (Wildman–Crippen MR) is 64.0 cm³/mol. The average Bonchev–Trinajstić information content (AvgIpc) is 2.74. The summed E-state index contributed by atoms with van der Waals surface area (Å²) < 4.78 is 26.3. The van der Waals surface area contributed by atoms with Crippen LogP contribution in [0.3, 0.4) is 0 Å². The van der Waals surface area contributed by atoms with E-state index < -0.39 is 17.7 Å². The van der Waals surface area contributed by atoms with Crippen LogP contribution in [0, 0.1) is 11.6 Å². The SMILES string of the molecule is Cl.N[C@@H](c1cccs1)c1cc(F)ccc1F. The van der Waals surface area contributed by atoms with Crippen molar-refractivity contribution in [1.29, 1.82) is 0 Å². The molecule has 1 nitrogen and oxygen atoms in total. The number of benzene rings is 1. The Morgan fingerprint density at radius 2 is 1.94 bits per heavy atom. The first kappa shape index (κ1) is 13.1. The Morgan fingerprint density at radius 1 is 1.19 bits per heavy atom. The quantitative estimate of drug-likeness (QED) is 0.880. The van der Waals surface area contributed by atoms with Gasteiger partial charge in [0.1, 0.15) is 11.6 Å². The molecule has 0 fully saturated rings. The highest BCUT2D eigenvalue weighted by molar-refractivity contribution is 7.10. The number of hydrogen-bond acceptors (Lipinski definition) is 2. The monoisotopic (exact) mass is 261 g/mol. The van der Waals surface area contributed by atoms with Gasteiger partial charge in [-0.15, -0.1) is 23.7 Å². The molecule has 1 atom stereocenters. The molecule has 0 saturated carbocycles. The predicted octanol–water partition coefficient (Wildman–Crippen LogP) is 3.50. The lowest BCUT2D eigenvalue weighted by atomic mass is 10.1. The summed E-state index contributed by atoms with van der Waals surface area (Å²) >= 11 is 1.43. The van der Waals surface area contributed by atoms with Gasteiger partial charge in [-0.1, -0.05) is 6.07 Å². The highest BCUT2D eigenvalue weighted by Gasteiger charge is 2.14. The Morgan fingerprint density at radius 3 is 2.56 bits per heavy atom. The van der Waals surface area contributed by atoms with E-state index in [0.717, 1.165) is 23.1 Å². The molecule has 0 aliphatic heterocycles. The third-order valence-corrected chi connectivity index (χ3v) is 3.10. The number of nitrogens with two attached hydrogens (primary N) is 1. The van der Waals surface area contributed by atoms with Gasteiger partial charge < -0.3 is 5.73 Å². The zero-order chi connectivity index (χ0) is 10.8. The minimum Gasteiger partial charge on any atom is -0.320 e. The molecular formula is C11H10ClF2NS. The van der Waals surface area contributed by atoms with Gasteiger partial charge in [-0.2, -0.15) is 0 Å². The van der Waals surface area contributed by atoms with E-state index >= 15 is 0 Å². The van der Waals surface area contributed by atoms with Crippen molar-refractivity contribution >= 4 is 23.7 Å². The van der Waals surface area contributed by atoms with Gasteiger partial charge in [-0.3, -0.25) is 0 Å². The van der Waals surface area contributed by atoms with Gasteiger partial charge in [-0.05, 0) is 29.6 Å². The average molecular weight is 262 g/mol. The molecule has 2 N–H and O–H groups in total. The van der Waals surface area contributed by atoms with Crippen LogP contribution in [0.1, 0.15) is 16.5 Å². The third-order valence-electron chi connectivity index (χ3n) is 2.14. The molecule has 2 aromatic rings. The van der Waals surface area contributed by atoms with E-state index in [1.165, 1.54) is 11.3 Å². The van der Waals surface area contributed by atoms with Gasteiger partial charge in [0.05, 0.1) is 6.04 Å². The Labute approximate surface area is 102 Å². The summed E-state index contributed by atoms with van der Waals surface area (Å²) in [7, 11) is 0. The molecular weight excluding hydrogens is 252 g/mol. The van der Waals surface area contributed by atoms with Crippen LogP contribution in [-0.4, -0.2) is 0 Å². The van der Waals surface area contributed by atoms with E-state index in [0.29, 0.717) is 0 Å². The van der Waals surface area contributed by atoms with Gasteiger partial charge in [0.2, 0.25) is 0 Å². The van der Waals surface area contributed by atoms with Crippen LogP contribution in [0.4, 0.5) is 8.78 Å². The van der Waals surface area contributed by atoms with E-state index in [9.17, 15) is 8.78 Å². The van der Waals surface area contributed by atoms with E-state index in [2.05, 4.69) is 0 Å². The zero-order valence-corrected chi connectivity index (χ0v) is 9.82. The highest BCUT2D eigenvalue weighted by atomic mass is 35.5. The van der Waals surface area contributed by atoms with E-state index in [1.807, 2.05) is 11.4 Å². The first-order chi connectivity index (χ1) is 7.18. The fraction of sp³-hybridized carbons (Fsp3) is 0.0909. The molecule has 0 saturated heterocycles. The third kappa shape index (κ3) is 2.58. The number of rotatable bonds is 2. The Kier molecular flexibility index (Phi) is 4.41. The lowest BCUT2D eigenvalue weighted by Gasteiger charge is -2.10. The molecule has 1 heterocycles. The first-order valence-electron chi connectivity index (χ1n) is 4.42.